The first-order chi connectivity index (χ1) is 12.4. The van der Waals surface area contributed by atoms with Crippen molar-refractivity contribution in [3.8, 4) is 5.75 Å². The number of pyridine rings is 1. The fourth-order valence-corrected chi connectivity index (χ4v) is 4.85. The van der Waals surface area contributed by atoms with E-state index in [1.807, 2.05) is 64.1 Å². The number of rotatable bonds is 9. The van der Waals surface area contributed by atoms with Crippen molar-refractivity contribution in [3.05, 3.63) is 54.2 Å². The zero-order valence-electron chi connectivity index (χ0n) is 15.9. The lowest BCUT2D eigenvalue weighted by atomic mass is 10.2. The standard InChI is InChI=1S/C19H27N2O4P/c1-14(2)24-26(22,25-15(3)4)19(21-18-12-8-9-13-20-18)16-10-6-7-11-17(16)23-5/h6-15,19H,1-5H3,(H,20,21). The van der Waals surface area contributed by atoms with Crippen LogP contribution in [0.3, 0.4) is 0 Å². The van der Waals surface area contributed by atoms with Crippen LogP contribution >= 0.6 is 7.60 Å². The molecule has 0 aliphatic carbocycles. The molecule has 0 aliphatic heterocycles. The normalized spacial score (nSPS) is 13.0. The molecule has 1 N–H and O–H groups in total. The number of methoxy groups -OCH3 is 1. The van der Waals surface area contributed by atoms with Crippen LogP contribution in [0.25, 0.3) is 0 Å². The molecule has 2 rings (SSSR count). The van der Waals surface area contributed by atoms with E-state index >= 15 is 0 Å². The van der Waals surface area contributed by atoms with Gasteiger partial charge in [-0.05, 0) is 45.9 Å². The number of aromatic nitrogens is 1. The van der Waals surface area contributed by atoms with Crippen molar-refractivity contribution < 1.29 is 18.3 Å². The summed E-state index contributed by atoms with van der Waals surface area (Å²) in [6.07, 6.45) is 1.11. The number of nitrogens with zero attached hydrogens (tertiary/aromatic N) is 1. The Morgan fingerprint density at radius 2 is 1.58 bits per heavy atom. The first-order valence-electron chi connectivity index (χ1n) is 8.62. The van der Waals surface area contributed by atoms with Crippen LogP contribution in [0.4, 0.5) is 5.82 Å². The minimum atomic E-state index is -3.60. The summed E-state index contributed by atoms with van der Waals surface area (Å²) in [7, 11) is -2.02. The molecular formula is C19H27N2O4P. The summed E-state index contributed by atoms with van der Waals surface area (Å²) in [5.74, 6) is 0.405. The van der Waals surface area contributed by atoms with Crippen LogP contribution in [0.15, 0.2) is 48.7 Å². The Hall–Kier alpha value is -1.88. The Morgan fingerprint density at radius 1 is 0.962 bits per heavy atom. The molecule has 1 unspecified atom stereocenters. The predicted molar refractivity (Wildman–Crippen MR) is 104 cm³/mol. The average Bonchev–Trinajstić information content (AvgIpc) is 2.59. The molecule has 1 atom stereocenters. The third-order valence-electron chi connectivity index (χ3n) is 3.41. The molecule has 6 nitrogen and oxygen atoms in total. The minimum absolute atomic E-state index is 0.276. The maximum atomic E-state index is 13.8. The van der Waals surface area contributed by atoms with E-state index in [9.17, 15) is 4.57 Å². The molecule has 0 fully saturated rings. The van der Waals surface area contributed by atoms with E-state index in [0.29, 0.717) is 17.1 Å². The lowest BCUT2D eigenvalue weighted by Gasteiger charge is -2.31. The number of ether oxygens (including phenoxy) is 1. The Balaban J connectivity index is 2.54. The molecule has 26 heavy (non-hydrogen) atoms. The second-order valence-electron chi connectivity index (χ2n) is 6.35. The van der Waals surface area contributed by atoms with Gasteiger partial charge in [0.15, 0.2) is 5.78 Å². The summed E-state index contributed by atoms with van der Waals surface area (Å²) < 4.78 is 30.9. The number of nitrogens with one attached hydrogen (secondary N) is 1. The summed E-state index contributed by atoms with van der Waals surface area (Å²) in [5.41, 5.74) is 0.685. The van der Waals surface area contributed by atoms with Crippen molar-refractivity contribution in [2.45, 2.75) is 45.7 Å². The van der Waals surface area contributed by atoms with E-state index in [0.717, 1.165) is 0 Å². The second kappa shape index (κ2) is 9.17. The molecule has 0 aliphatic rings. The minimum Gasteiger partial charge on any atom is -0.496 e. The number of hydrogen-bond acceptors (Lipinski definition) is 6. The molecule has 0 saturated heterocycles. The Morgan fingerprint density at radius 3 is 2.12 bits per heavy atom. The molecule has 0 bridgehead atoms. The van der Waals surface area contributed by atoms with Gasteiger partial charge in [0, 0.05) is 11.8 Å². The third-order valence-corrected chi connectivity index (χ3v) is 5.89. The third kappa shape index (κ3) is 5.31. The molecule has 142 valence electrons. The van der Waals surface area contributed by atoms with Gasteiger partial charge in [0.1, 0.15) is 11.6 Å². The van der Waals surface area contributed by atoms with Gasteiger partial charge in [-0.15, -0.1) is 0 Å². The van der Waals surface area contributed by atoms with Crippen LogP contribution in [0.1, 0.15) is 39.0 Å². The van der Waals surface area contributed by atoms with Crippen molar-refractivity contribution in [1.29, 1.82) is 0 Å². The van der Waals surface area contributed by atoms with Crippen LogP contribution < -0.4 is 10.1 Å². The van der Waals surface area contributed by atoms with Gasteiger partial charge in [-0.2, -0.15) is 0 Å². The molecule has 1 aromatic carbocycles. The Bertz CT molecular complexity index is 723. The molecule has 0 saturated carbocycles. The Labute approximate surface area is 155 Å². The summed E-state index contributed by atoms with van der Waals surface area (Å²) in [4.78, 5) is 4.29. The lowest BCUT2D eigenvalue weighted by molar-refractivity contribution is 0.137. The van der Waals surface area contributed by atoms with E-state index in [-0.39, 0.29) is 12.2 Å². The molecule has 7 heteroatoms. The van der Waals surface area contributed by atoms with Gasteiger partial charge in [-0.1, -0.05) is 24.3 Å². The summed E-state index contributed by atoms with van der Waals surface area (Å²) in [6, 6.07) is 12.9. The molecule has 0 radical (unpaired) electrons. The van der Waals surface area contributed by atoms with Crippen molar-refractivity contribution >= 4 is 13.4 Å². The quantitative estimate of drug-likeness (QED) is 0.602. The van der Waals surface area contributed by atoms with Crippen molar-refractivity contribution in [3.63, 3.8) is 0 Å². The van der Waals surface area contributed by atoms with E-state index in [1.165, 1.54) is 0 Å². The first-order valence-corrected chi connectivity index (χ1v) is 10.2. The molecular weight excluding hydrogens is 351 g/mol. The van der Waals surface area contributed by atoms with Crippen LogP contribution in [0.2, 0.25) is 0 Å². The van der Waals surface area contributed by atoms with Crippen molar-refractivity contribution in [2.75, 3.05) is 12.4 Å². The van der Waals surface area contributed by atoms with E-state index in [2.05, 4.69) is 10.3 Å². The van der Waals surface area contributed by atoms with Crippen LogP contribution in [-0.2, 0) is 13.6 Å². The Kier molecular flexibility index (Phi) is 7.21. The van der Waals surface area contributed by atoms with Gasteiger partial charge >= 0.3 is 7.60 Å². The largest absolute Gasteiger partial charge is 0.496 e. The zero-order valence-corrected chi connectivity index (χ0v) is 16.8. The van der Waals surface area contributed by atoms with Crippen LogP contribution in [0.5, 0.6) is 5.75 Å². The van der Waals surface area contributed by atoms with E-state index < -0.39 is 13.4 Å². The van der Waals surface area contributed by atoms with E-state index in [1.54, 1.807) is 19.4 Å². The van der Waals surface area contributed by atoms with Crippen molar-refractivity contribution in [2.24, 2.45) is 0 Å². The molecule has 0 amide bonds. The molecule has 1 aromatic heterocycles. The summed E-state index contributed by atoms with van der Waals surface area (Å²) >= 11 is 0. The van der Waals surface area contributed by atoms with Gasteiger partial charge in [0.05, 0.1) is 19.3 Å². The highest BCUT2D eigenvalue weighted by Gasteiger charge is 2.41. The monoisotopic (exact) mass is 378 g/mol. The average molecular weight is 378 g/mol. The van der Waals surface area contributed by atoms with E-state index in [4.69, 9.17) is 13.8 Å². The highest BCUT2D eigenvalue weighted by atomic mass is 31.2. The smallest absolute Gasteiger partial charge is 0.357 e. The molecule has 1 heterocycles. The SMILES string of the molecule is COc1ccccc1C(Nc1ccccn1)P(=O)(OC(C)C)OC(C)C. The first kappa shape index (κ1) is 20.4. The number of benzene rings is 1. The second-order valence-corrected chi connectivity index (χ2v) is 8.37. The molecule has 0 spiro atoms. The fourth-order valence-electron chi connectivity index (χ4n) is 2.54. The highest BCUT2D eigenvalue weighted by molar-refractivity contribution is 7.54. The van der Waals surface area contributed by atoms with Crippen molar-refractivity contribution in [1.82, 2.24) is 4.98 Å². The number of hydrogen-bond donors (Lipinski definition) is 1. The van der Waals surface area contributed by atoms with Crippen LogP contribution in [-0.4, -0.2) is 24.3 Å². The topological polar surface area (TPSA) is 69.7 Å². The summed E-state index contributed by atoms with van der Waals surface area (Å²) in [5, 5.41) is 3.22. The van der Waals surface area contributed by atoms with Gasteiger partial charge in [-0.25, -0.2) is 4.98 Å². The molecule has 2 aromatic rings. The number of para-hydroxylation sites is 1. The number of anilines is 1. The lowest BCUT2D eigenvalue weighted by Crippen LogP contribution is -2.20. The van der Waals surface area contributed by atoms with Gasteiger partial charge in [0.2, 0.25) is 0 Å². The maximum absolute atomic E-state index is 13.8. The van der Waals surface area contributed by atoms with Crippen LogP contribution in [0, 0.1) is 0 Å². The zero-order chi connectivity index (χ0) is 19.2. The fraction of sp³-hybridized carbons (Fsp3) is 0.421. The summed E-state index contributed by atoms with van der Waals surface area (Å²) in [6.45, 7) is 7.32. The van der Waals surface area contributed by atoms with Gasteiger partial charge in [0.25, 0.3) is 0 Å². The predicted octanol–water partition coefficient (Wildman–Crippen LogP) is 5.24. The van der Waals surface area contributed by atoms with Gasteiger partial charge in [-0.3, -0.25) is 4.57 Å². The highest BCUT2D eigenvalue weighted by Crippen LogP contribution is 2.63. The maximum Gasteiger partial charge on any atom is 0.357 e. The van der Waals surface area contributed by atoms with Gasteiger partial charge < -0.3 is 19.1 Å².